The van der Waals surface area contributed by atoms with Gasteiger partial charge in [0.05, 0.1) is 18.6 Å². The molecule has 0 spiro atoms. The maximum Gasteiger partial charge on any atom is 0.129 e. The Labute approximate surface area is 220 Å². The van der Waals surface area contributed by atoms with Crippen LogP contribution >= 0.6 is 0 Å². The van der Waals surface area contributed by atoms with Gasteiger partial charge in [-0.15, -0.1) is 0 Å². The number of hydrogen-bond acceptors (Lipinski definition) is 4. The molecule has 1 aliphatic rings. The van der Waals surface area contributed by atoms with Crippen molar-refractivity contribution in [2.24, 2.45) is 0 Å². The molecule has 0 N–H and O–H groups in total. The van der Waals surface area contributed by atoms with Crippen LogP contribution in [0.4, 0.5) is 5.69 Å². The molecular weight excluding hydrogens is 456 g/mol. The third kappa shape index (κ3) is 5.26. The number of anilines is 1. The summed E-state index contributed by atoms with van der Waals surface area (Å²) in [5.41, 5.74) is 5.52. The molecule has 0 radical (unpaired) electrons. The summed E-state index contributed by atoms with van der Waals surface area (Å²) in [6.07, 6.45) is 8.27. The fourth-order valence-electron chi connectivity index (χ4n) is 4.57. The van der Waals surface area contributed by atoms with Crippen LogP contribution in [0.25, 0.3) is 5.69 Å². The van der Waals surface area contributed by atoms with Crippen molar-refractivity contribution < 1.29 is 4.74 Å². The lowest BCUT2D eigenvalue weighted by Gasteiger charge is -2.24. The van der Waals surface area contributed by atoms with E-state index >= 15 is 0 Å². The standard InChI is InChI=1S/C32H36N4O/c1-31(2,3)25-17-28(36-22-26(21-33-36)32(4,5)24-11-8-7-9-12-24)20-30(18-25)37-29-14-10-13-27(19-29)35-16-15-34(6)23-35/h7-22H,23H2,1-6H3. The van der Waals surface area contributed by atoms with Crippen molar-refractivity contribution >= 4 is 5.69 Å². The van der Waals surface area contributed by atoms with E-state index in [-0.39, 0.29) is 10.8 Å². The van der Waals surface area contributed by atoms with Crippen LogP contribution < -0.4 is 9.64 Å². The van der Waals surface area contributed by atoms with Gasteiger partial charge in [0.2, 0.25) is 0 Å². The topological polar surface area (TPSA) is 33.5 Å². The van der Waals surface area contributed by atoms with E-state index in [1.54, 1.807) is 0 Å². The van der Waals surface area contributed by atoms with E-state index in [9.17, 15) is 0 Å². The van der Waals surface area contributed by atoms with E-state index in [1.165, 1.54) is 16.7 Å². The second-order valence-electron chi connectivity index (χ2n) is 11.4. The lowest BCUT2D eigenvalue weighted by atomic mass is 9.80. The monoisotopic (exact) mass is 492 g/mol. The fraction of sp³-hybridized carbons (Fsp3) is 0.281. The van der Waals surface area contributed by atoms with Gasteiger partial charge in [0, 0.05) is 54.4 Å². The molecule has 0 fully saturated rings. The largest absolute Gasteiger partial charge is 0.457 e. The van der Waals surface area contributed by atoms with Crippen LogP contribution in [0, 0.1) is 0 Å². The Morgan fingerprint density at radius 1 is 0.730 bits per heavy atom. The van der Waals surface area contributed by atoms with Gasteiger partial charge in [-0.05, 0) is 40.8 Å². The molecule has 0 saturated carbocycles. The highest BCUT2D eigenvalue weighted by Gasteiger charge is 2.25. The number of aromatic nitrogens is 2. The molecule has 1 aliphatic heterocycles. The van der Waals surface area contributed by atoms with E-state index < -0.39 is 0 Å². The van der Waals surface area contributed by atoms with Gasteiger partial charge in [-0.3, -0.25) is 0 Å². The highest BCUT2D eigenvalue weighted by Crippen LogP contribution is 2.35. The van der Waals surface area contributed by atoms with Crippen LogP contribution in [-0.4, -0.2) is 28.4 Å². The van der Waals surface area contributed by atoms with Gasteiger partial charge < -0.3 is 14.5 Å². The van der Waals surface area contributed by atoms with Gasteiger partial charge in [0.15, 0.2) is 0 Å². The van der Waals surface area contributed by atoms with Crippen LogP contribution in [0.5, 0.6) is 11.5 Å². The Morgan fingerprint density at radius 3 is 2.19 bits per heavy atom. The minimum Gasteiger partial charge on any atom is -0.457 e. The molecular formula is C32H36N4O. The third-order valence-corrected chi connectivity index (χ3v) is 7.08. The number of benzene rings is 3. The third-order valence-electron chi connectivity index (χ3n) is 7.08. The van der Waals surface area contributed by atoms with Crippen LogP contribution in [-0.2, 0) is 10.8 Å². The summed E-state index contributed by atoms with van der Waals surface area (Å²) < 4.78 is 8.40. The Morgan fingerprint density at radius 2 is 1.49 bits per heavy atom. The first-order valence-electron chi connectivity index (χ1n) is 12.8. The molecule has 0 unspecified atom stereocenters. The van der Waals surface area contributed by atoms with Crippen LogP contribution in [0.1, 0.15) is 51.3 Å². The lowest BCUT2D eigenvalue weighted by molar-refractivity contribution is 0.476. The van der Waals surface area contributed by atoms with Gasteiger partial charge in [-0.2, -0.15) is 5.10 Å². The molecule has 0 atom stereocenters. The van der Waals surface area contributed by atoms with Gasteiger partial charge in [-0.1, -0.05) is 71.0 Å². The van der Waals surface area contributed by atoms with E-state index in [4.69, 9.17) is 9.84 Å². The SMILES string of the molecule is CN1C=CN(c2cccc(Oc3cc(-n4cc(C(C)(C)c5ccccc5)cn4)cc(C(C)(C)C)c3)c2)C1. The zero-order valence-corrected chi connectivity index (χ0v) is 22.6. The fourth-order valence-corrected chi connectivity index (χ4v) is 4.57. The van der Waals surface area contributed by atoms with Crippen molar-refractivity contribution in [3.05, 3.63) is 114 Å². The van der Waals surface area contributed by atoms with E-state index in [0.29, 0.717) is 0 Å². The zero-order valence-electron chi connectivity index (χ0n) is 22.6. The molecule has 1 aromatic heterocycles. The molecule has 5 heteroatoms. The number of ether oxygens (including phenoxy) is 1. The molecule has 190 valence electrons. The molecule has 0 saturated heterocycles. The molecule has 0 aliphatic carbocycles. The predicted molar refractivity (Wildman–Crippen MR) is 152 cm³/mol. The summed E-state index contributed by atoms with van der Waals surface area (Å²) in [6.45, 7) is 12.0. The van der Waals surface area contributed by atoms with Crippen molar-refractivity contribution in [2.45, 2.75) is 45.4 Å². The molecule has 37 heavy (non-hydrogen) atoms. The molecule has 0 bridgehead atoms. The van der Waals surface area contributed by atoms with Crippen LogP contribution in [0.15, 0.2) is 97.6 Å². The number of nitrogens with zero attached hydrogens (tertiary/aromatic N) is 4. The quantitative estimate of drug-likeness (QED) is 0.280. The summed E-state index contributed by atoms with van der Waals surface area (Å²) in [4.78, 5) is 4.34. The summed E-state index contributed by atoms with van der Waals surface area (Å²) in [6, 6.07) is 25.2. The summed E-state index contributed by atoms with van der Waals surface area (Å²) >= 11 is 0. The Balaban J connectivity index is 1.47. The Kier molecular flexibility index (Phi) is 6.32. The minimum atomic E-state index is -0.154. The lowest BCUT2D eigenvalue weighted by Crippen LogP contribution is -2.21. The van der Waals surface area contributed by atoms with Gasteiger partial charge in [-0.25, -0.2) is 4.68 Å². The maximum absolute atomic E-state index is 6.44. The first kappa shape index (κ1) is 24.7. The van der Waals surface area contributed by atoms with Crippen molar-refractivity contribution in [3.63, 3.8) is 0 Å². The van der Waals surface area contributed by atoms with Crippen molar-refractivity contribution in [2.75, 3.05) is 18.6 Å². The van der Waals surface area contributed by atoms with Gasteiger partial charge in [0.25, 0.3) is 0 Å². The molecule has 0 amide bonds. The smallest absolute Gasteiger partial charge is 0.129 e. The summed E-state index contributed by atoms with van der Waals surface area (Å²) in [5.74, 6) is 1.61. The van der Waals surface area contributed by atoms with E-state index in [2.05, 4.69) is 131 Å². The van der Waals surface area contributed by atoms with Crippen LogP contribution in [0.3, 0.4) is 0 Å². The first-order chi connectivity index (χ1) is 17.6. The number of rotatable bonds is 6. The highest BCUT2D eigenvalue weighted by molar-refractivity contribution is 5.55. The Hall–Kier alpha value is -3.99. The first-order valence-corrected chi connectivity index (χ1v) is 12.8. The second kappa shape index (κ2) is 9.47. The molecule has 5 nitrogen and oxygen atoms in total. The maximum atomic E-state index is 6.44. The minimum absolute atomic E-state index is 0.0415. The highest BCUT2D eigenvalue weighted by atomic mass is 16.5. The average molecular weight is 493 g/mol. The molecule has 3 aromatic carbocycles. The Bertz CT molecular complexity index is 1410. The number of hydrogen-bond donors (Lipinski definition) is 0. The van der Waals surface area contributed by atoms with E-state index in [0.717, 1.165) is 29.5 Å². The van der Waals surface area contributed by atoms with Crippen molar-refractivity contribution in [1.29, 1.82) is 0 Å². The zero-order chi connectivity index (χ0) is 26.2. The van der Waals surface area contributed by atoms with E-state index in [1.807, 2.05) is 23.0 Å². The summed E-state index contributed by atoms with van der Waals surface area (Å²) in [7, 11) is 2.07. The second-order valence-corrected chi connectivity index (χ2v) is 11.4. The normalized spacial score (nSPS) is 13.9. The van der Waals surface area contributed by atoms with Gasteiger partial charge >= 0.3 is 0 Å². The van der Waals surface area contributed by atoms with Crippen molar-refractivity contribution in [3.8, 4) is 17.2 Å². The molecule has 2 heterocycles. The van der Waals surface area contributed by atoms with Crippen LogP contribution in [0.2, 0.25) is 0 Å². The predicted octanol–water partition coefficient (Wildman–Crippen LogP) is 7.47. The average Bonchev–Trinajstić information content (AvgIpc) is 3.54. The summed E-state index contributed by atoms with van der Waals surface area (Å²) in [5, 5.41) is 4.77. The molecule has 4 aromatic rings. The van der Waals surface area contributed by atoms with Gasteiger partial charge in [0.1, 0.15) is 11.5 Å². The molecule has 5 rings (SSSR count). The van der Waals surface area contributed by atoms with Crippen molar-refractivity contribution in [1.82, 2.24) is 14.7 Å².